The van der Waals surface area contributed by atoms with E-state index in [1.54, 1.807) is 0 Å². The van der Waals surface area contributed by atoms with Gasteiger partial charge in [-0.1, -0.05) is 44.7 Å². The van der Waals surface area contributed by atoms with E-state index in [4.69, 9.17) is 10.9 Å². The molecule has 0 heterocycles. The summed E-state index contributed by atoms with van der Waals surface area (Å²) < 4.78 is 0. The Kier molecular flexibility index (Phi) is 9.00. The lowest BCUT2D eigenvalue weighted by molar-refractivity contribution is 0.313. The number of nitrogens with zero attached hydrogens (tertiary/aromatic N) is 1. The van der Waals surface area contributed by atoms with Crippen LogP contribution >= 0.6 is 0 Å². The van der Waals surface area contributed by atoms with Crippen LogP contribution in [0.2, 0.25) is 0 Å². The normalized spacial score (nSPS) is 16.1. The van der Waals surface area contributed by atoms with Crippen LogP contribution in [-0.4, -0.2) is 23.6 Å². The number of nitrogens with two attached hydrogens (primary N) is 1. The van der Waals surface area contributed by atoms with Gasteiger partial charge in [0.1, 0.15) is 5.84 Å². The molecule has 0 amide bonds. The van der Waals surface area contributed by atoms with Crippen LogP contribution in [-0.2, 0) is 0 Å². The third kappa shape index (κ3) is 7.51. The van der Waals surface area contributed by atoms with Crippen LogP contribution in [0, 0.1) is 5.92 Å². The van der Waals surface area contributed by atoms with Crippen molar-refractivity contribution in [3.63, 3.8) is 0 Å². The van der Waals surface area contributed by atoms with E-state index in [0.717, 1.165) is 6.54 Å². The van der Waals surface area contributed by atoms with Crippen LogP contribution in [0.5, 0.6) is 0 Å². The summed E-state index contributed by atoms with van der Waals surface area (Å²) in [6.45, 7) is 7.13. The Morgan fingerprint density at radius 1 is 1.31 bits per heavy atom. The average molecular weight is 229 g/mol. The van der Waals surface area contributed by atoms with Gasteiger partial charge < -0.3 is 16.3 Å². The fourth-order valence-electron chi connectivity index (χ4n) is 1.56. The van der Waals surface area contributed by atoms with Gasteiger partial charge in [0.2, 0.25) is 0 Å². The summed E-state index contributed by atoms with van der Waals surface area (Å²) in [5.74, 6) is 0.383. The lowest BCUT2D eigenvalue weighted by Crippen LogP contribution is -2.35. The van der Waals surface area contributed by atoms with Gasteiger partial charge in [0.05, 0.1) is 0 Å². The number of nitrogens with one attached hydrogen (secondary N) is 1. The van der Waals surface area contributed by atoms with E-state index in [-0.39, 0.29) is 5.92 Å². The average Bonchev–Trinajstić information content (AvgIpc) is 2.30. The van der Waals surface area contributed by atoms with Crippen molar-refractivity contribution >= 4 is 5.84 Å². The molecule has 0 aliphatic carbocycles. The van der Waals surface area contributed by atoms with Crippen molar-refractivity contribution in [1.82, 2.24) is 5.32 Å². The van der Waals surface area contributed by atoms with Gasteiger partial charge in [0.15, 0.2) is 0 Å². The Morgan fingerprint density at radius 3 is 2.56 bits per heavy atom. The fourth-order valence-corrected chi connectivity index (χ4v) is 1.56. The first-order chi connectivity index (χ1) is 7.61. The predicted octanol–water partition coefficient (Wildman–Crippen LogP) is 2.32. The van der Waals surface area contributed by atoms with Gasteiger partial charge in [-0.05, 0) is 13.3 Å². The zero-order valence-corrected chi connectivity index (χ0v) is 10.9. The molecular formula is C12H27N3O. The predicted molar refractivity (Wildman–Crippen MR) is 68.8 cm³/mol. The Hall–Kier alpha value is -0.770. The molecule has 0 saturated heterocycles. The number of hydrogen-bond donors (Lipinski definition) is 3. The summed E-state index contributed by atoms with van der Waals surface area (Å²) in [4.78, 5) is 0. The molecule has 0 radical (unpaired) electrons. The summed E-state index contributed by atoms with van der Waals surface area (Å²) in [5, 5.41) is 14.9. The van der Waals surface area contributed by atoms with Gasteiger partial charge in [-0.25, -0.2) is 0 Å². The molecule has 4 heteroatoms. The molecule has 96 valence electrons. The van der Waals surface area contributed by atoms with E-state index >= 15 is 0 Å². The van der Waals surface area contributed by atoms with E-state index in [9.17, 15) is 0 Å². The molecule has 0 fully saturated rings. The van der Waals surface area contributed by atoms with Gasteiger partial charge in [-0.3, -0.25) is 0 Å². The van der Waals surface area contributed by atoms with Crippen LogP contribution in [0.15, 0.2) is 5.16 Å². The summed E-state index contributed by atoms with van der Waals surface area (Å²) >= 11 is 0. The van der Waals surface area contributed by atoms with Crippen molar-refractivity contribution in [3.05, 3.63) is 0 Å². The van der Waals surface area contributed by atoms with Crippen molar-refractivity contribution in [1.29, 1.82) is 0 Å². The third-order valence-electron chi connectivity index (χ3n) is 2.88. The Morgan fingerprint density at radius 2 is 2.00 bits per heavy atom. The molecule has 0 saturated carbocycles. The SMILES string of the molecule is CCCCCCC(C)NCC(C)C(N)=NO. The molecule has 4 N–H and O–H groups in total. The Bertz CT molecular complexity index is 195. The van der Waals surface area contributed by atoms with E-state index in [2.05, 4.69) is 24.3 Å². The quantitative estimate of drug-likeness (QED) is 0.187. The largest absolute Gasteiger partial charge is 0.409 e. The molecule has 0 spiro atoms. The number of hydrogen-bond acceptors (Lipinski definition) is 3. The standard InChI is InChI=1S/C12H27N3O/c1-4-5-6-7-8-11(3)14-9-10(2)12(13)15-16/h10-11,14,16H,4-9H2,1-3H3,(H2,13,15). The van der Waals surface area contributed by atoms with Crippen LogP contribution in [0.4, 0.5) is 0 Å². The van der Waals surface area contributed by atoms with Gasteiger partial charge in [0, 0.05) is 18.5 Å². The molecular weight excluding hydrogens is 202 g/mol. The van der Waals surface area contributed by atoms with E-state index in [1.165, 1.54) is 32.1 Å². The highest BCUT2D eigenvalue weighted by Crippen LogP contribution is 2.05. The molecule has 0 aromatic carbocycles. The van der Waals surface area contributed by atoms with Crippen molar-refractivity contribution in [3.8, 4) is 0 Å². The summed E-state index contributed by atoms with van der Waals surface area (Å²) in [6.07, 6.45) is 6.40. The molecule has 2 unspecified atom stereocenters. The molecule has 0 bridgehead atoms. The van der Waals surface area contributed by atoms with Gasteiger partial charge >= 0.3 is 0 Å². The minimum absolute atomic E-state index is 0.0862. The maximum atomic E-state index is 8.51. The monoisotopic (exact) mass is 229 g/mol. The molecule has 4 nitrogen and oxygen atoms in total. The van der Waals surface area contributed by atoms with Crippen LogP contribution < -0.4 is 11.1 Å². The van der Waals surface area contributed by atoms with Gasteiger partial charge in [-0.15, -0.1) is 0 Å². The maximum Gasteiger partial charge on any atom is 0.143 e. The Balaban J connectivity index is 3.53. The fraction of sp³-hybridized carbons (Fsp3) is 0.917. The topological polar surface area (TPSA) is 70.6 Å². The number of amidine groups is 1. The molecule has 2 atom stereocenters. The summed E-state index contributed by atoms with van der Waals surface area (Å²) in [5.41, 5.74) is 5.50. The number of rotatable bonds is 9. The Labute approximate surface area is 99.3 Å². The van der Waals surface area contributed by atoms with Crippen molar-refractivity contribution in [2.75, 3.05) is 6.54 Å². The second-order valence-electron chi connectivity index (χ2n) is 4.58. The smallest absolute Gasteiger partial charge is 0.143 e. The lowest BCUT2D eigenvalue weighted by atomic mass is 10.1. The van der Waals surface area contributed by atoms with Gasteiger partial charge in [0.25, 0.3) is 0 Å². The van der Waals surface area contributed by atoms with Crippen molar-refractivity contribution < 1.29 is 5.21 Å². The van der Waals surface area contributed by atoms with Crippen LogP contribution in [0.25, 0.3) is 0 Å². The molecule has 0 aromatic rings. The minimum Gasteiger partial charge on any atom is -0.409 e. The number of unbranched alkanes of at least 4 members (excludes halogenated alkanes) is 3. The summed E-state index contributed by atoms with van der Waals surface area (Å²) in [6, 6.07) is 0.505. The van der Waals surface area contributed by atoms with Crippen LogP contribution in [0.3, 0.4) is 0 Å². The van der Waals surface area contributed by atoms with Crippen molar-refractivity contribution in [2.24, 2.45) is 16.8 Å². The maximum absolute atomic E-state index is 8.51. The van der Waals surface area contributed by atoms with Gasteiger partial charge in [-0.2, -0.15) is 0 Å². The summed E-state index contributed by atoms with van der Waals surface area (Å²) in [7, 11) is 0. The van der Waals surface area contributed by atoms with E-state index in [1.807, 2.05) is 6.92 Å². The van der Waals surface area contributed by atoms with E-state index < -0.39 is 0 Å². The third-order valence-corrected chi connectivity index (χ3v) is 2.88. The zero-order valence-electron chi connectivity index (χ0n) is 10.9. The molecule has 0 aromatic heterocycles. The first-order valence-electron chi connectivity index (χ1n) is 6.32. The van der Waals surface area contributed by atoms with E-state index in [0.29, 0.717) is 11.9 Å². The number of oxime groups is 1. The zero-order chi connectivity index (χ0) is 12.4. The lowest BCUT2D eigenvalue weighted by Gasteiger charge is -2.16. The second kappa shape index (κ2) is 9.46. The second-order valence-corrected chi connectivity index (χ2v) is 4.58. The van der Waals surface area contributed by atoms with Crippen molar-refractivity contribution in [2.45, 2.75) is 58.9 Å². The molecule has 0 aliphatic rings. The molecule has 16 heavy (non-hydrogen) atoms. The first-order valence-corrected chi connectivity index (χ1v) is 6.32. The minimum atomic E-state index is 0.0862. The molecule has 0 rings (SSSR count). The van der Waals surface area contributed by atoms with Crippen LogP contribution in [0.1, 0.15) is 52.9 Å². The highest BCUT2D eigenvalue weighted by atomic mass is 16.4. The first kappa shape index (κ1) is 15.2. The molecule has 0 aliphatic heterocycles. The highest BCUT2D eigenvalue weighted by molar-refractivity contribution is 5.82. The highest BCUT2D eigenvalue weighted by Gasteiger charge is 2.09.